The first-order chi connectivity index (χ1) is 10.9. The van der Waals surface area contributed by atoms with Crippen LogP contribution in [0.25, 0.3) is 23.0 Å². The lowest BCUT2D eigenvalue weighted by molar-refractivity contribution is 0.806. The van der Waals surface area contributed by atoms with Crippen LogP contribution in [0.3, 0.4) is 0 Å². The molecule has 6 nitrogen and oxygen atoms in total. The third-order valence-corrected chi connectivity index (χ3v) is 3.21. The lowest BCUT2D eigenvalue weighted by Gasteiger charge is -2.08. The van der Waals surface area contributed by atoms with Crippen molar-refractivity contribution in [2.45, 2.75) is 0 Å². The Morgan fingerprint density at radius 2 is 1.27 bits per heavy atom. The van der Waals surface area contributed by atoms with Crippen molar-refractivity contribution in [3.8, 4) is 23.0 Å². The average molecular weight is 288 g/mol. The summed E-state index contributed by atoms with van der Waals surface area (Å²) in [5.74, 6) is 2.04. The van der Waals surface area contributed by atoms with Crippen LogP contribution < -0.4 is 0 Å². The van der Waals surface area contributed by atoms with E-state index in [2.05, 4.69) is 20.2 Å². The van der Waals surface area contributed by atoms with Crippen molar-refractivity contribution >= 4 is 0 Å². The number of rotatable bonds is 3. The average Bonchev–Trinajstić information content (AvgIpc) is 3.29. The largest absolute Gasteiger partial charge is 0.222 e. The molecule has 0 saturated heterocycles. The number of nitrogens with zero attached hydrogens (tertiary/aromatic N) is 6. The molecule has 4 aromatic rings. The van der Waals surface area contributed by atoms with Crippen molar-refractivity contribution in [2.75, 3.05) is 0 Å². The van der Waals surface area contributed by atoms with Gasteiger partial charge in [-0.15, -0.1) is 0 Å². The maximum absolute atomic E-state index is 4.60. The van der Waals surface area contributed by atoms with E-state index in [1.165, 1.54) is 0 Å². The Balaban J connectivity index is 1.91. The molecule has 0 aliphatic rings. The van der Waals surface area contributed by atoms with Gasteiger partial charge in [-0.1, -0.05) is 30.3 Å². The molecule has 0 aliphatic carbocycles. The second kappa shape index (κ2) is 5.25. The fraction of sp³-hybridized carbons (Fsp3) is 0. The van der Waals surface area contributed by atoms with Crippen LogP contribution in [-0.4, -0.2) is 29.5 Å². The predicted molar refractivity (Wildman–Crippen MR) is 81.7 cm³/mol. The second-order valence-electron chi connectivity index (χ2n) is 4.68. The normalized spacial score (nSPS) is 10.7. The first kappa shape index (κ1) is 12.5. The number of benzene rings is 1. The van der Waals surface area contributed by atoms with Gasteiger partial charge in [0.15, 0.2) is 17.5 Å². The third-order valence-electron chi connectivity index (χ3n) is 3.21. The highest BCUT2D eigenvalue weighted by Crippen LogP contribution is 2.18. The van der Waals surface area contributed by atoms with E-state index in [0.717, 1.165) is 5.56 Å². The van der Waals surface area contributed by atoms with E-state index in [0.29, 0.717) is 17.5 Å². The fourth-order valence-corrected chi connectivity index (χ4v) is 2.18. The lowest BCUT2D eigenvalue weighted by atomic mass is 10.2. The first-order valence-corrected chi connectivity index (χ1v) is 6.85. The van der Waals surface area contributed by atoms with E-state index < -0.39 is 0 Å². The molecule has 0 spiro atoms. The molecule has 6 heteroatoms. The highest BCUT2D eigenvalue weighted by atomic mass is 15.3. The van der Waals surface area contributed by atoms with Crippen molar-refractivity contribution in [3.63, 3.8) is 0 Å². The Morgan fingerprint density at radius 3 is 1.77 bits per heavy atom. The summed E-state index contributed by atoms with van der Waals surface area (Å²) in [7, 11) is 0. The molecule has 0 saturated carbocycles. The quantitative estimate of drug-likeness (QED) is 0.581. The summed E-state index contributed by atoms with van der Waals surface area (Å²) in [4.78, 5) is 9.21. The number of hydrogen-bond acceptors (Lipinski definition) is 4. The Morgan fingerprint density at radius 1 is 0.682 bits per heavy atom. The zero-order valence-electron chi connectivity index (χ0n) is 11.6. The zero-order chi connectivity index (χ0) is 14.8. The minimum atomic E-state index is 0.638. The molecule has 0 radical (unpaired) electrons. The van der Waals surface area contributed by atoms with Gasteiger partial charge in [-0.2, -0.15) is 10.2 Å². The molecule has 0 fully saturated rings. The van der Waals surface area contributed by atoms with Gasteiger partial charge in [0.1, 0.15) is 0 Å². The summed E-state index contributed by atoms with van der Waals surface area (Å²) in [5, 5.41) is 8.48. The molecule has 0 N–H and O–H groups in total. The van der Waals surface area contributed by atoms with Gasteiger partial charge in [0.2, 0.25) is 0 Å². The predicted octanol–water partition coefficient (Wildman–Crippen LogP) is 2.51. The lowest BCUT2D eigenvalue weighted by Crippen LogP contribution is -2.06. The second-order valence-corrected chi connectivity index (χ2v) is 4.68. The molecule has 106 valence electrons. The zero-order valence-corrected chi connectivity index (χ0v) is 11.6. The van der Waals surface area contributed by atoms with Crippen LogP contribution in [0.4, 0.5) is 0 Å². The highest BCUT2D eigenvalue weighted by Gasteiger charge is 2.10. The van der Waals surface area contributed by atoms with Crippen molar-refractivity contribution in [1.82, 2.24) is 29.5 Å². The first-order valence-electron chi connectivity index (χ1n) is 6.85. The van der Waals surface area contributed by atoms with Gasteiger partial charge < -0.3 is 0 Å². The van der Waals surface area contributed by atoms with Crippen LogP contribution in [0.1, 0.15) is 0 Å². The molecule has 0 unspecified atom stereocenters. The van der Waals surface area contributed by atoms with E-state index in [1.54, 1.807) is 21.8 Å². The molecular formula is C16H12N6. The van der Waals surface area contributed by atoms with Crippen molar-refractivity contribution in [1.29, 1.82) is 0 Å². The van der Waals surface area contributed by atoms with E-state index >= 15 is 0 Å². The Hall–Kier alpha value is -3.28. The van der Waals surface area contributed by atoms with Crippen LogP contribution >= 0.6 is 0 Å². The molecule has 0 aliphatic heterocycles. The van der Waals surface area contributed by atoms with E-state index in [9.17, 15) is 0 Å². The molecule has 3 aromatic heterocycles. The van der Waals surface area contributed by atoms with Crippen LogP contribution in [0.2, 0.25) is 0 Å². The van der Waals surface area contributed by atoms with Gasteiger partial charge in [-0.25, -0.2) is 19.3 Å². The van der Waals surface area contributed by atoms with E-state index in [-0.39, 0.29) is 0 Å². The summed E-state index contributed by atoms with van der Waals surface area (Å²) < 4.78 is 3.42. The van der Waals surface area contributed by atoms with E-state index in [1.807, 2.05) is 60.9 Å². The molecule has 22 heavy (non-hydrogen) atoms. The van der Waals surface area contributed by atoms with Crippen molar-refractivity contribution < 1.29 is 0 Å². The standard InChI is InChI=1S/C16H12N6/c1-2-6-13(7-3-1)16-19-14(21-10-4-8-17-21)12-15(20-16)22-11-5-9-18-22/h1-12H. The van der Waals surface area contributed by atoms with Crippen LogP contribution in [-0.2, 0) is 0 Å². The summed E-state index contributed by atoms with van der Waals surface area (Å²) in [6.07, 6.45) is 7.14. The van der Waals surface area contributed by atoms with Gasteiger partial charge >= 0.3 is 0 Å². The summed E-state index contributed by atoms with van der Waals surface area (Å²) in [5.41, 5.74) is 0.949. The molecule has 0 bridgehead atoms. The third kappa shape index (κ3) is 2.26. The molecule has 3 heterocycles. The van der Waals surface area contributed by atoms with Crippen molar-refractivity contribution in [3.05, 3.63) is 73.3 Å². The molecule has 0 atom stereocenters. The SMILES string of the molecule is c1ccc(-c2nc(-n3cccn3)cc(-n3cccn3)n2)cc1. The van der Waals surface area contributed by atoms with Gasteiger partial charge in [0, 0.05) is 36.4 Å². The minimum absolute atomic E-state index is 0.638. The van der Waals surface area contributed by atoms with Gasteiger partial charge in [0.25, 0.3) is 0 Å². The number of hydrogen-bond donors (Lipinski definition) is 0. The molecule has 1 aromatic carbocycles. The van der Waals surface area contributed by atoms with Crippen molar-refractivity contribution in [2.24, 2.45) is 0 Å². The Labute approximate surface area is 126 Å². The van der Waals surface area contributed by atoms with Crippen LogP contribution in [0, 0.1) is 0 Å². The van der Waals surface area contributed by atoms with Crippen LogP contribution in [0.5, 0.6) is 0 Å². The Kier molecular flexibility index (Phi) is 2.97. The summed E-state index contributed by atoms with van der Waals surface area (Å²) in [6, 6.07) is 15.4. The molecule has 0 amide bonds. The van der Waals surface area contributed by atoms with Gasteiger partial charge in [-0.05, 0) is 12.1 Å². The topological polar surface area (TPSA) is 61.4 Å². The fourth-order valence-electron chi connectivity index (χ4n) is 2.18. The Bertz CT molecular complexity index is 814. The van der Waals surface area contributed by atoms with E-state index in [4.69, 9.17) is 0 Å². The van der Waals surface area contributed by atoms with Crippen LogP contribution in [0.15, 0.2) is 73.3 Å². The molecule has 4 rings (SSSR count). The maximum Gasteiger partial charge on any atom is 0.164 e. The summed E-state index contributed by atoms with van der Waals surface area (Å²) in [6.45, 7) is 0. The number of aromatic nitrogens is 6. The molecular weight excluding hydrogens is 276 g/mol. The van der Waals surface area contributed by atoms with Gasteiger partial charge in [-0.3, -0.25) is 0 Å². The highest BCUT2D eigenvalue weighted by molar-refractivity contribution is 5.57. The monoisotopic (exact) mass is 288 g/mol. The minimum Gasteiger partial charge on any atom is -0.222 e. The van der Waals surface area contributed by atoms with Gasteiger partial charge in [0.05, 0.1) is 0 Å². The smallest absolute Gasteiger partial charge is 0.164 e. The maximum atomic E-state index is 4.60. The summed E-state index contributed by atoms with van der Waals surface area (Å²) >= 11 is 0.